The Labute approximate surface area is 145 Å². The number of nitrogens with one attached hydrogen (secondary N) is 1. The van der Waals surface area contributed by atoms with Gasteiger partial charge in [0.15, 0.2) is 0 Å². The minimum atomic E-state index is 0.0472. The highest BCUT2D eigenvalue weighted by Gasteiger charge is 2.47. The molecule has 24 heavy (non-hydrogen) atoms. The van der Waals surface area contributed by atoms with E-state index < -0.39 is 0 Å². The third-order valence-electron chi connectivity index (χ3n) is 5.67. The number of hydrogen-bond donors (Lipinski definition) is 1. The van der Waals surface area contributed by atoms with E-state index in [9.17, 15) is 4.79 Å². The fourth-order valence-electron chi connectivity index (χ4n) is 4.22. The summed E-state index contributed by atoms with van der Waals surface area (Å²) in [6.45, 7) is 8.01. The highest BCUT2D eigenvalue weighted by molar-refractivity contribution is 5.82. The Hall–Kier alpha value is -1.40. The molecule has 3 heterocycles. The van der Waals surface area contributed by atoms with E-state index in [1.54, 1.807) is 6.20 Å². The van der Waals surface area contributed by atoms with Crippen molar-refractivity contribution in [1.29, 1.82) is 0 Å². The van der Waals surface area contributed by atoms with Crippen LogP contribution in [0.15, 0.2) is 18.5 Å². The number of carbonyl (C=O) groups is 1. The predicted molar refractivity (Wildman–Crippen MR) is 94.7 cm³/mol. The summed E-state index contributed by atoms with van der Waals surface area (Å²) in [4.78, 5) is 17.6. The monoisotopic (exact) mass is 333 g/mol. The number of likely N-dealkylation sites (tertiary alicyclic amines) is 2. The zero-order valence-electron chi connectivity index (χ0n) is 15.1. The maximum absolute atomic E-state index is 12.8. The second kappa shape index (κ2) is 7.66. The molecule has 0 saturated carbocycles. The number of amides is 1. The standard InChI is InChI=1S/C18H31N5O/c1-3-9-22-15-18(5-11-21(2)12-6-18)14-16(22)17(24)19-8-13-23-10-4-7-20-23/h4,7,10,16H,3,5-6,8-9,11-15H2,1-2H3,(H,19,24). The molecule has 1 spiro atoms. The van der Waals surface area contributed by atoms with E-state index in [2.05, 4.69) is 34.2 Å². The largest absolute Gasteiger partial charge is 0.353 e. The van der Waals surface area contributed by atoms with Gasteiger partial charge in [-0.05, 0) is 63.8 Å². The van der Waals surface area contributed by atoms with Crippen LogP contribution in [-0.2, 0) is 11.3 Å². The van der Waals surface area contributed by atoms with Gasteiger partial charge in [0.2, 0.25) is 5.91 Å². The van der Waals surface area contributed by atoms with Crippen LogP contribution in [0, 0.1) is 5.41 Å². The SMILES string of the molecule is CCCN1CC2(CCN(C)CC2)CC1C(=O)NCCn1cccn1. The van der Waals surface area contributed by atoms with Gasteiger partial charge in [0.05, 0.1) is 12.6 Å². The van der Waals surface area contributed by atoms with Crippen molar-refractivity contribution in [3.05, 3.63) is 18.5 Å². The molecule has 0 aromatic carbocycles. The molecule has 0 aliphatic carbocycles. The van der Waals surface area contributed by atoms with Gasteiger partial charge in [-0.25, -0.2) is 0 Å². The Morgan fingerprint density at radius 1 is 1.33 bits per heavy atom. The molecular weight excluding hydrogens is 302 g/mol. The molecule has 1 aromatic rings. The van der Waals surface area contributed by atoms with Crippen LogP contribution in [0.1, 0.15) is 32.6 Å². The van der Waals surface area contributed by atoms with Crippen LogP contribution in [0.5, 0.6) is 0 Å². The number of aromatic nitrogens is 2. The molecule has 1 amide bonds. The molecular formula is C18H31N5O. The molecule has 2 saturated heterocycles. The van der Waals surface area contributed by atoms with Crippen molar-refractivity contribution in [2.75, 3.05) is 39.8 Å². The van der Waals surface area contributed by atoms with Crippen LogP contribution in [0.4, 0.5) is 0 Å². The van der Waals surface area contributed by atoms with Crippen LogP contribution in [0.2, 0.25) is 0 Å². The lowest BCUT2D eigenvalue weighted by Crippen LogP contribution is -2.44. The first-order valence-electron chi connectivity index (χ1n) is 9.30. The molecule has 2 aliphatic rings. The van der Waals surface area contributed by atoms with Gasteiger partial charge in [-0.15, -0.1) is 0 Å². The van der Waals surface area contributed by atoms with Crippen LogP contribution in [0.3, 0.4) is 0 Å². The molecule has 1 unspecified atom stereocenters. The first-order valence-corrected chi connectivity index (χ1v) is 9.30. The number of carbonyl (C=O) groups excluding carboxylic acids is 1. The van der Waals surface area contributed by atoms with Gasteiger partial charge in [0.1, 0.15) is 0 Å². The Morgan fingerprint density at radius 3 is 2.79 bits per heavy atom. The van der Waals surface area contributed by atoms with Crippen molar-refractivity contribution in [2.45, 2.75) is 45.2 Å². The molecule has 3 rings (SSSR count). The van der Waals surface area contributed by atoms with E-state index in [0.717, 1.165) is 45.6 Å². The van der Waals surface area contributed by atoms with E-state index in [-0.39, 0.29) is 11.9 Å². The third kappa shape index (κ3) is 3.98. The van der Waals surface area contributed by atoms with Gasteiger partial charge in [-0.3, -0.25) is 14.4 Å². The topological polar surface area (TPSA) is 53.4 Å². The van der Waals surface area contributed by atoms with E-state index in [4.69, 9.17) is 0 Å². The molecule has 6 nitrogen and oxygen atoms in total. The lowest BCUT2D eigenvalue weighted by Gasteiger charge is -2.37. The van der Waals surface area contributed by atoms with Crippen LogP contribution in [-0.4, -0.2) is 71.3 Å². The van der Waals surface area contributed by atoms with Crippen LogP contribution in [0.25, 0.3) is 0 Å². The number of nitrogens with zero attached hydrogens (tertiary/aromatic N) is 4. The third-order valence-corrected chi connectivity index (χ3v) is 5.67. The second-order valence-electron chi connectivity index (χ2n) is 7.55. The first-order chi connectivity index (χ1) is 11.6. The Morgan fingerprint density at radius 2 is 2.12 bits per heavy atom. The van der Waals surface area contributed by atoms with E-state index in [0.29, 0.717) is 12.0 Å². The van der Waals surface area contributed by atoms with Crippen molar-refractivity contribution >= 4 is 5.91 Å². The average Bonchev–Trinajstić information content (AvgIpc) is 3.20. The minimum absolute atomic E-state index is 0.0472. The lowest BCUT2D eigenvalue weighted by molar-refractivity contribution is -0.125. The average molecular weight is 333 g/mol. The summed E-state index contributed by atoms with van der Waals surface area (Å²) in [7, 11) is 2.20. The van der Waals surface area contributed by atoms with Crippen molar-refractivity contribution in [2.24, 2.45) is 5.41 Å². The zero-order valence-corrected chi connectivity index (χ0v) is 15.1. The number of hydrogen-bond acceptors (Lipinski definition) is 4. The maximum Gasteiger partial charge on any atom is 0.237 e. The highest BCUT2D eigenvalue weighted by atomic mass is 16.2. The Balaban J connectivity index is 1.56. The molecule has 134 valence electrons. The van der Waals surface area contributed by atoms with Crippen molar-refractivity contribution in [3.63, 3.8) is 0 Å². The number of rotatable bonds is 6. The molecule has 2 aliphatic heterocycles. The minimum Gasteiger partial charge on any atom is -0.353 e. The molecule has 1 aromatic heterocycles. The smallest absolute Gasteiger partial charge is 0.237 e. The first kappa shape index (κ1) is 17.4. The summed E-state index contributed by atoms with van der Waals surface area (Å²) in [6.07, 6.45) is 8.27. The number of piperidine rings is 1. The fourth-order valence-corrected chi connectivity index (χ4v) is 4.22. The van der Waals surface area contributed by atoms with Crippen molar-refractivity contribution in [3.8, 4) is 0 Å². The van der Waals surface area contributed by atoms with E-state index in [1.165, 1.54) is 12.8 Å². The predicted octanol–water partition coefficient (Wildman–Crippen LogP) is 1.20. The van der Waals surface area contributed by atoms with Gasteiger partial charge in [-0.1, -0.05) is 6.92 Å². The summed E-state index contributed by atoms with van der Waals surface area (Å²) < 4.78 is 1.86. The lowest BCUT2D eigenvalue weighted by atomic mass is 9.76. The van der Waals surface area contributed by atoms with E-state index >= 15 is 0 Å². The van der Waals surface area contributed by atoms with Crippen LogP contribution >= 0.6 is 0 Å². The van der Waals surface area contributed by atoms with Crippen molar-refractivity contribution < 1.29 is 4.79 Å². The molecule has 1 atom stereocenters. The Kier molecular flexibility index (Phi) is 5.56. The van der Waals surface area contributed by atoms with Gasteiger partial charge in [0.25, 0.3) is 0 Å². The fraction of sp³-hybridized carbons (Fsp3) is 0.778. The molecule has 2 fully saturated rings. The summed E-state index contributed by atoms with van der Waals surface area (Å²) >= 11 is 0. The summed E-state index contributed by atoms with van der Waals surface area (Å²) in [5.41, 5.74) is 0.353. The quantitative estimate of drug-likeness (QED) is 0.850. The van der Waals surface area contributed by atoms with Crippen molar-refractivity contribution in [1.82, 2.24) is 24.9 Å². The Bertz CT molecular complexity index is 522. The molecule has 0 bridgehead atoms. The van der Waals surface area contributed by atoms with Gasteiger partial charge >= 0.3 is 0 Å². The van der Waals surface area contributed by atoms with Gasteiger partial charge in [0, 0.05) is 25.5 Å². The van der Waals surface area contributed by atoms with Gasteiger partial charge < -0.3 is 10.2 Å². The normalized spacial score (nSPS) is 24.5. The summed E-state index contributed by atoms with van der Waals surface area (Å²) in [5.74, 6) is 0.200. The zero-order chi connectivity index (χ0) is 17.0. The summed E-state index contributed by atoms with van der Waals surface area (Å²) in [6, 6.07) is 1.96. The molecule has 1 N–H and O–H groups in total. The van der Waals surface area contributed by atoms with Crippen LogP contribution < -0.4 is 5.32 Å². The van der Waals surface area contributed by atoms with Gasteiger partial charge in [-0.2, -0.15) is 5.10 Å². The highest BCUT2D eigenvalue weighted by Crippen LogP contribution is 2.43. The molecule has 0 radical (unpaired) electrons. The molecule has 6 heteroatoms. The summed E-state index contributed by atoms with van der Waals surface area (Å²) in [5, 5.41) is 7.31. The maximum atomic E-state index is 12.8. The second-order valence-corrected chi connectivity index (χ2v) is 7.55. The van der Waals surface area contributed by atoms with E-state index in [1.807, 2.05) is 16.9 Å².